The molecule has 3 aromatic rings. The number of nitrogens with two attached hydrogens (primary N) is 1. The minimum Gasteiger partial charge on any atom is -0.381 e. The number of sulfonamides is 1. The summed E-state index contributed by atoms with van der Waals surface area (Å²) in [5.74, 6) is -0.657. The number of amides is 2. The van der Waals surface area contributed by atoms with Crippen molar-refractivity contribution in [3.8, 4) is 11.3 Å². The van der Waals surface area contributed by atoms with Crippen LogP contribution in [-0.4, -0.2) is 75.0 Å². The van der Waals surface area contributed by atoms with Crippen molar-refractivity contribution in [2.24, 2.45) is 5.92 Å². The van der Waals surface area contributed by atoms with E-state index in [4.69, 9.17) is 5.73 Å². The molecule has 1 aliphatic heterocycles. The van der Waals surface area contributed by atoms with Crippen LogP contribution in [0.1, 0.15) is 71.7 Å². The maximum absolute atomic E-state index is 13.4. The van der Waals surface area contributed by atoms with Gasteiger partial charge in [-0.2, -0.15) is 13.2 Å². The minimum absolute atomic E-state index is 0.00109. The van der Waals surface area contributed by atoms with Crippen LogP contribution in [0.5, 0.6) is 0 Å². The van der Waals surface area contributed by atoms with Crippen molar-refractivity contribution in [1.29, 1.82) is 0 Å². The average Bonchev–Trinajstić information content (AvgIpc) is 3.65. The molecule has 2 fully saturated rings. The molecule has 3 aliphatic rings. The van der Waals surface area contributed by atoms with Crippen LogP contribution in [-0.2, 0) is 16.6 Å². The van der Waals surface area contributed by atoms with Crippen LogP contribution >= 0.6 is 0 Å². The minimum atomic E-state index is -4.76. The first-order valence-electron chi connectivity index (χ1n) is 14.3. The lowest BCUT2D eigenvalue weighted by Gasteiger charge is -2.37. The Hall–Kier alpha value is -3.92. The summed E-state index contributed by atoms with van der Waals surface area (Å²) in [6.07, 6.45) is -1.43. The van der Waals surface area contributed by atoms with Crippen molar-refractivity contribution in [3.05, 3.63) is 41.1 Å². The third kappa shape index (κ3) is 5.44. The van der Waals surface area contributed by atoms with Gasteiger partial charge in [0.1, 0.15) is 5.56 Å². The second-order valence-corrected chi connectivity index (χ2v) is 13.8. The van der Waals surface area contributed by atoms with E-state index in [9.17, 15) is 36.3 Å². The van der Waals surface area contributed by atoms with Crippen LogP contribution in [0.25, 0.3) is 16.9 Å². The first-order valence-corrected chi connectivity index (χ1v) is 16.1. The lowest BCUT2D eigenvalue weighted by molar-refractivity contribution is -0.270. The maximum Gasteiger partial charge on any atom is 0.417 e. The summed E-state index contributed by atoms with van der Waals surface area (Å²) >= 11 is 0. The second-order valence-electron chi connectivity index (χ2n) is 12.1. The van der Waals surface area contributed by atoms with E-state index >= 15 is 0 Å². The topological polar surface area (TPSA) is 172 Å². The van der Waals surface area contributed by atoms with Crippen molar-refractivity contribution in [3.63, 3.8) is 0 Å². The number of rotatable bonds is 7. The number of nitrogen functional groups attached to an aromatic ring is 1. The number of hydrogen-bond donors (Lipinski definition) is 4. The van der Waals surface area contributed by atoms with Crippen LogP contribution in [0.4, 0.5) is 24.7 Å². The number of halogens is 3. The van der Waals surface area contributed by atoms with Gasteiger partial charge >= 0.3 is 6.18 Å². The SMILES string of the molecule is CC(C1CC1)N1Cc2cc(-c3ccn4nc(N)c(C(=O)N[C@H]5CC[C@](O)(C(F)(F)F)CC5)c4n3)cc(NS(C)(=O)=O)c2C1=O. The number of alkyl halides is 3. The predicted molar refractivity (Wildman–Crippen MR) is 154 cm³/mol. The van der Waals surface area contributed by atoms with E-state index in [-0.39, 0.29) is 53.1 Å². The summed E-state index contributed by atoms with van der Waals surface area (Å²) in [4.78, 5) is 33.0. The van der Waals surface area contributed by atoms with E-state index in [0.717, 1.165) is 19.1 Å². The largest absolute Gasteiger partial charge is 0.417 e. The Morgan fingerprint density at radius 3 is 2.50 bits per heavy atom. The van der Waals surface area contributed by atoms with E-state index in [0.29, 0.717) is 29.3 Å². The molecule has 2 aromatic heterocycles. The van der Waals surface area contributed by atoms with Crippen molar-refractivity contribution >= 4 is 39.0 Å². The molecule has 236 valence electrons. The summed E-state index contributed by atoms with van der Waals surface area (Å²) in [6, 6.07) is 4.27. The van der Waals surface area contributed by atoms with E-state index < -0.39 is 46.6 Å². The zero-order valence-electron chi connectivity index (χ0n) is 24.0. The Morgan fingerprint density at radius 1 is 1.20 bits per heavy atom. The quantitative estimate of drug-likeness (QED) is 0.307. The number of aromatic nitrogens is 3. The molecule has 16 heteroatoms. The normalized spacial score (nSPS) is 23.1. The fourth-order valence-electron chi connectivity index (χ4n) is 6.17. The molecule has 2 saturated carbocycles. The fourth-order valence-corrected chi connectivity index (χ4v) is 6.73. The highest BCUT2D eigenvalue weighted by Gasteiger charge is 2.54. The highest BCUT2D eigenvalue weighted by Crippen LogP contribution is 2.42. The Labute approximate surface area is 250 Å². The maximum atomic E-state index is 13.4. The zero-order chi connectivity index (χ0) is 31.8. The number of hydrogen-bond acceptors (Lipinski definition) is 8. The van der Waals surface area contributed by atoms with E-state index in [1.807, 2.05) is 6.92 Å². The predicted octanol–water partition coefficient (Wildman–Crippen LogP) is 3.07. The lowest BCUT2D eigenvalue weighted by atomic mass is 9.81. The van der Waals surface area contributed by atoms with Crippen LogP contribution < -0.4 is 15.8 Å². The molecule has 2 aliphatic carbocycles. The number of benzene rings is 1. The lowest BCUT2D eigenvalue weighted by Crippen LogP contribution is -2.51. The molecule has 2 amide bonds. The van der Waals surface area contributed by atoms with Gasteiger partial charge in [0.2, 0.25) is 10.0 Å². The third-order valence-electron chi connectivity index (χ3n) is 8.84. The van der Waals surface area contributed by atoms with Crippen molar-refractivity contribution in [1.82, 2.24) is 24.8 Å². The van der Waals surface area contributed by atoms with Crippen LogP contribution in [0, 0.1) is 5.92 Å². The Morgan fingerprint density at radius 2 is 1.89 bits per heavy atom. The zero-order valence-corrected chi connectivity index (χ0v) is 24.8. The first kappa shape index (κ1) is 30.1. The molecule has 44 heavy (non-hydrogen) atoms. The summed E-state index contributed by atoms with van der Waals surface area (Å²) in [7, 11) is -3.74. The molecular formula is C28H32F3N7O5S. The van der Waals surface area contributed by atoms with Gasteiger partial charge < -0.3 is 21.1 Å². The van der Waals surface area contributed by atoms with Crippen molar-refractivity contribution in [2.75, 3.05) is 16.7 Å². The highest BCUT2D eigenvalue weighted by molar-refractivity contribution is 7.92. The van der Waals surface area contributed by atoms with E-state index in [2.05, 4.69) is 20.1 Å². The van der Waals surface area contributed by atoms with Crippen molar-refractivity contribution < 1.29 is 36.3 Å². The van der Waals surface area contributed by atoms with E-state index in [1.165, 1.54) is 16.8 Å². The molecule has 0 saturated heterocycles. The molecule has 3 heterocycles. The van der Waals surface area contributed by atoms with Gasteiger partial charge in [-0.3, -0.25) is 14.3 Å². The fraction of sp³-hybridized carbons (Fsp3) is 0.500. The number of carbonyl (C=O) groups excluding carboxylic acids is 2. The number of aliphatic hydroxyl groups is 1. The van der Waals surface area contributed by atoms with Gasteiger partial charge in [0.25, 0.3) is 11.8 Å². The number of fused-ring (bicyclic) bond motifs is 2. The standard InChI is InChI=1S/C28H32F3N7O5S/c1-14(15-3-4-15)37-13-17-11-16(12-20(21(17)26(37)40)36-44(2,42)43)19-7-10-38-24(34-19)22(23(32)35-38)25(39)33-18-5-8-27(41,9-6-18)28(29,30)31/h7,10-12,14-15,18,36,41H,3-6,8-9,13H2,1-2H3,(H2,32,35)(H,33,39)/t14?,18-,27+. The second kappa shape index (κ2) is 10.3. The molecule has 1 unspecified atom stereocenters. The molecule has 1 atom stereocenters. The van der Waals surface area contributed by atoms with Crippen LogP contribution in [0.15, 0.2) is 24.4 Å². The summed E-state index contributed by atoms with van der Waals surface area (Å²) < 4.78 is 67.9. The number of nitrogens with zero attached hydrogens (tertiary/aromatic N) is 4. The van der Waals surface area contributed by atoms with Gasteiger partial charge in [0.15, 0.2) is 17.1 Å². The number of carbonyl (C=O) groups is 2. The number of anilines is 2. The van der Waals surface area contributed by atoms with Gasteiger partial charge in [0, 0.05) is 30.4 Å². The number of nitrogens with one attached hydrogen (secondary N) is 2. The van der Waals surface area contributed by atoms with Gasteiger partial charge in [-0.1, -0.05) is 0 Å². The Bertz CT molecular complexity index is 1780. The molecule has 0 spiro atoms. The third-order valence-corrected chi connectivity index (χ3v) is 9.43. The van der Waals surface area contributed by atoms with Crippen molar-refractivity contribution in [2.45, 2.75) is 75.9 Å². The van der Waals surface area contributed by atoms with Gasteiger partial charge in [-0.05, 0) is 75.1 Å². The Balaban J connectivity index is 1.32. The highest BCUT2D eigenvalue weighted by atomic mass is 32.2. The summed E-state index contributed by atoms with van der Waals surface area (Å²) in [6.45, 7) is 2.29. The molecule has 5 N–H and O–H groups in total. The monoisotopic (exact) mass is 635 g/mol. The molecule has 0 bridgehead atoms. The molecule has 12 nitrogen and oxygen atoms in total. The molecular weight excluding hydrogens is 603 g/mol. The van der Waals surface area contributed by atoms with Gasteiger partial charge in [0.05, 0.1) is 23.2 Å². The van der Waals surface area contributed by atoms with Crippen LogP contribution in [0.2, 0.25) is 0 Å². The molecule has 6 rings (SSSR count). The summed E-state index contributed by atoms with van der Waals surface area (Å²) in [5.41, 5.74) is 5.16. The van der Waals surface area contributed by atoms with E-state index in [1.54, 1.807) is 17.0 Å². The average molecular weight is 636 g/mol. The molecule has 1 aromatic carbocycles. The van der Waals surface area contributed by atoms with Gasteiger partial charge in [-0.25, -0.2) is 17.9 Å². The summed E-state index contributed by atoms with van der Waals surface area (Å²) in [5, 5.41) is 16.8. The van der Waals surface area contributed by atoms with Gasteiger partial charge in [-0.15, -0.1) is 5.10 Å². The van der Waals surface area contributed by atoms with Crippen LogP contribution in [0.3, 0.4) is 0 Å². The first-order chi connectivity index (χ1) is 20.5. The Kier molecular flexibility index (Phi) is 7.07. The smallest absolute Gasteiger partial charge is 0.381 e. The molecule has 0 radical (unpaired) electrons.